The minimum absolute atomic E-state index is 0.105. The number of nitrogens with one attached hydrogen (secondary N) is 1. The third kappa shape index (κ3) is 16.6. The van der Waals surface area contributed by atoms with Gasteiger partial charge in [-0.3, -0.25) is 4.79 Å². The molecule has 0 aromatic carbocycles. The predicted octanol–water partition coefficient (Wildman–Crippen LogP) is 3.89. The van der Waals surface area contributed by atoms with E-state index in [0.29, 0.717) is 5.75 Å². The summed E-state index contributed by atoms with van der Waals surface area (Å²) in [6.07, 6.45) is 16.2. The first-order valence-corrected chi connectivity index (χ1v) is 11.0. The van der Waals surface area contributed by atoms with Gasteiger partial charge in [-0.25, -0.2) is 0 Å². The number of aliphatic hydroxyl groups excluding tert-OH is 2. The van der Waals surface area contributed by atoms with Crippen molar-refractivity contribution in [3.8, 4) is 0 Å². The Labute approximate surface area is 153 Å². The summed E-state index contributed by atoms with van der Waals surface area (Å²) in [6, 6.07) is -0.523. The smallest absolute Gasteiger partial charge is 0.230 e. The number of rotatable bonds is 18. The molecular formula is C19H39NO3S. The quantitative estimate of drug-likeness (QED) is 0.324. The Morgan fingerprint density at radius 1 is 0.833 bits per heavy atom. The zero-order valence-corrected chi connectivity index (χ0v) is 16.4. The number of hydrogen-bond donors (Lipinski definition) is 3. The fourth-order valence-electron chi connectivity index (χ4n) is 2.63. The maximum absolute atomic E-state index is 11.5. The first-order chi connectivity index (χ1) is 11.7. The van der Waals surface area contributed by atoms with Crippen molar-refractivity contribution in [3.63, 3.8) is 0 Å². The molecule has 0 aromatic rings. The Morgan fingerprint density at radius 3 is 1.75 bits per heavy atom. The third-order valence-corrected chi connectivity index (χ3v) is 5.22. The Balaban J connectivity index is 3.18. The molecule has 3 N–H and O–H groups in total. The maximum atomic E-state index is 11.5. The van der Waals surface area contributed by atoms with Gasteiger partial charge >= 0.3 is 0 Å². The minimum Gasteiger partial charge on any atom is -0.394 e. The molecule has 144 valence electrons. The van der Waals surface area contributed by atoms with E-state index in [1.807, 2.05) is 0 Å². The minimum atomic E-state index is -0.523. The van der Waals surface area contributed by atoms with Crippen LogP contribution < -0.4 is 5.32 Å². The molecule has 0 heterocycles. The molecule has 0 atom stereocenters. The van der Waals surface area contributed by atoms with Crippen molar-refractivity contribution >= 4 is 17.7 Å². The van der Waals surface area contributed by atoms with Gasteiger partial charge in [0.25, 0.3) is 0 Å². The Morgan fingerprint density at radius 2 is 1.29 bits per heavy atom. The summed E-state index contributed by atoms with van der Waals surface area (Å²) in [5.74, 6) is 1.31. The number of carbonyl (C=O) groups is 1. The van der Waals surface area contributed by atoms with Crippen LogP contribution in [-0.4, -0.2) is 46.9 Å². The second-order valence-corrected chi connectivity index (χ2v) is 7.68. The van der Waals surface area contributed by atoms with E-state index in [2.05, 4.69) is 12.2 Å². The summed E-state index contributed by atoms with van der Waals surface area (Å²) in [5.41, 5.74) is 0. The van der Waals surface area contributed by atoms with E-state index in [1.54, 1.807) is 11.8 Å². The van der Waals surface area contributed by atoms with Gasteiger partial charge in [-0.2, -0.15) is 11.8 Å². The summed E-state index contributed by atoms with van der Waals surface area (Å²) in [7, 11) is 0. The zero-order chi connectivity index (χ0) is 17.9. The van der Waals surface area contributed by atoms with Gasteiger partial charge in [0.05, 0.1) is 25.0 Å². The van der Waals surface area contributed by atoms with E-state index in [0.717, 1.165) is 5.75 Å². The highest BCUT2D eigenvalue weighted by molar-refractivity contribution is 7.99. The van der Waals surface area contributed by atoms with Crippen LogP contribution in [0.5, 0.6) is 0 Å². The molecule has 0 fully saturated rings. The normalized spacial score (nSPS) is 11.2. The number of hydrogen-bond acceptors (Lipinski definition) is 4. The molecule has 1 amide bonds. The van der Waals surface area contributed by atoms with Crippen LogP contribution in [0, 0.1) is 0 Å². The van der Waals surface area contributed by atoms with Crippen LogP contribution in [0.1, 0.15) is 84.0 Å². The van der Waals surface area contributed by atoms with Crippen LogP contribution in [0.15, 0.2) is 0 Å². The lowest BCUT2D eigenvalue weighted by atomic mass is 10.1. The van der Waals surface area contributed by atoms with Gasteiger partial charge in [0, 0.05) is 0 Å². The van der Waals surface area contributed by atoms with Crippen molar-refractivity contribution in [3.05, 3.63) is 0 Å². The van der Waals surface area contributed by atoms with Gasteiger partial charge in [0.2, 0.25) is 5.91 Å². The second-order valence-electron chi connectivity index (χ2n) is 6.57. The summed E-state index contributed by atoms with van der Waals surface area (Å²) in [4.78, 5) is 11.5. The van der Waals surface area contributed by atoms with Gasteiger partial charge in [-0.1, -0.05) is 77.6 Å². The third-order valence-electron chi connectivity index (χ3n) is 4.18. The molecule has 0 saturated heterocycles. The van der Waals surface area contributed by atoms with Crippen molar-refractivity contribution in [1.29, 1.82) is 0 Å². The SMILES string of the molecule is CCCCCCCCCCCCCCSCC(=O)NC(CO)CO. The second kappa shape index (κ2) is 19.1. The first kappa shape index (κ1) is 23.7. The molecule has 5 heteroatoms. The van der Waals surface area contributed by atoms with E-state index >= 15 is 0 Å². The fraction of sp³-hybridized carbons (Fsp3) is 0.947. The molecule has 0 aliphatic carbocycles. The Bertz CT molecular complexity index is 273. The van der Waals surface area contributed by atoms with Gasteiger partial charge < -0.3 is 15.5 Å². The van der Waals surface area contributed by atoms with Crippen molar-refractivity contribution in [2.45, 2.75) is 90.0 Å². The number of unbranched alkanes of at least 4 members (excludes halogenated alkanes) is 11. The molecule has 0 rings (SSSR count). The number of carbonyl (C=O) groups excluding carboxylic acids is 1. The van der Waals surface area contributed by atoms with Crippen molar-refractivity contribution in [1.82, 2.24) is 5.32 Å². The van der Waals surface area contributed by atoms with Crippen molar-refractivity contribution in [2.75, 3.05) is 24.7 Å². The highest BCUT2D eigenvalue weighted by Gasteiger charge is 2.09. The van der Waals surface area contributed by atoms with Crippen molar-refractivity contribution < 1.29 is 15.0 Å². The molecule has 0 radical (unpaired) electrons. The summed E-state index contributed by atoms with van der Waals surface area (Å²) in [5, 5.41) is 20.4. The average molecular weight is 362 g/mol. The monoisotopic (exact) mass is 361 g/mol. The molecule has 4 nitrogen and oxygen atoms in total. The standard InChI is InChI=1S/C19H39NO3S/c1-2-3-4-5-6-7-8-9-10-11-12-13-14-24-17-19(23)20-18(15-21)16-22/h18,21-22H,2-17H2,1H3,(H,20,23). The van der Waals surface area contributed by atoms with Gasteiger partial charge in [-0.15, -0.1) is 0 Å². The summed E-state index contributed by atoms with van der Waals surface area (Å²) >= 11 is 1.63. The lowest BCUT2D eigenvalue weighted by Gasteiger charge is -2.12. The average Bonchev–Trinajstić information content (AvgIpc) is 2.60. The van der Waals surface area contributed by atoms with Gasteiger partial charge in [0.1, 0.15) is 0 Å². The fourth-order valence-corrected chi connectivity index (χ4v) is 3.45. The van der Waals surface area contributed by atoms with Crippen LogP contribution in [0.3, 0.4) is 0 Å². The van der Waals surface area contributed by atoms with E-state index in [9.17, 15) is 4.79 Å². The first-order valence-electron chi connectivity index (χ1n) is 9.83. The van der Waals surface area contributed by atoms with E-state index in [1.165, 1.54) is 77.0 Å². The topological polar surface area (TPSA) is 69.6 Å². The molecular weight excluding hydrogens is 322 g/mol. The van der Waals surface area contributed by atoms with Crippen LogP contribution in [0.2, 0.25) is 0 Å². The van der Waals surface area contributed by atoms with Gasteiger partial charge in [0.15, 0.2) is 0 Å². The van der Waals surface area contributed by atoms with Crippen LogP contribution >= 0.6 is 11.8 Å². The summed E-state index contributed by atoms with van der Waals surface area (Å²) < 4.78 is 0. The number of thioether (sulfide) groups is 1. The predicted molar refractivity (Wildman–Crippen MR) is 105 cm³/mol. The van der Waals surface area contributed by atoms with Gasteiger partial charge in [-0.05, 0) is 12.2 Å². The molecule has 0 unspecified atom stereocenters. The number of amides is 1. The molecule has 0 aromatic heterocycles. The molecule has 0 spiro atoms. The zero-order valence-electron chi connectivity index (χ0n) is 15.6. The van der Waals surface area contributed by atoms with E-state index in [4.69, 9.17) is 10.2 Å². The largest absolute Gasteiger partial charge is 0.394 e. The highest BCUT2D eigenvalue weighted by atomic mass is 32.2. The van der Waals surface area contributed by atoms with E-state index < -0.39 is 6.04 Å². The van der Waals surface area contributed by atoms with Crippen LogP contribution in [-0.2, 0) is 4.79 Å². The molecule has 0 saturated carbocycles. The Kier molecular flexibility index (Phi) is 18.9. The lowest BCUT2D eigenvalue weighted by Crippen LogP contribution is -2.41. The summed E-state index contributed by atoms with van der Waals surface area (Å²) in [6.45, 7) is 1.83. The van der Waals surface area contributed by atoms with Crippen LogP contribution in [0.25, 0.3) is 0 Å². The number of aliphatic hydroxyl groups is 2. The molecule has 0 aliphatic rings. The Hall–Kier alpha value is -0.260. The molecule has 24 heavy (non-hydrogen) atoms. The highest BCUT2D eigenvalue weighted by Crippen LogP contribution is 2.13. The molecule has 0 aliphatic heterocycles. The lowest BCUT2D eigenvalue weighted by molar-refractivity contribution is -0.119. The van der Waals surface area contributed by atoms with Crippen LogP contribution in [0.4, 0.5) is 0 Å². The maximum Gasteiger partial charge on any atom is 0.230 e. The molecule has 0 bridgehead atoms. The van der Waals surface area contributed by atoms with Crippen molar-refractivity contribution in [2.24, 2.45) is 0 Å². The van der Waals surface area contributed by atoms with E-state index in [-0.39, 0.29) is 19.1 Å².